The van der Waals surface area contributed by atoms with E-state index in [0.717, 1.165) is 12.8 Å². The molecule has 0 aromatic heterocycles. The molecule has 0 heterocycles. The van der Waals surface area contributed by atoms with Crippen LogP contribution in [0.3, 0.4) is 0 Å². The lowest BCUT2D eigenvalue weighted by atomic mass is 10.1. The van der Waals surface area contributed by atoms with Crippen molar-refractivity contribution < 1.29 is 14.1 Å². The van der Waals surface area contributed by atoms with E-state index >= 15 is 0 Å². The quantitative estimate of drug-likeness (QED) is 0.704. The Bertz CT molecular complexity index is 208. The molecule has 12 heavy (non-hydrogen) atoms. The summed E-state index contributed by atoms with van der Waals surface area (Å²) in [5.41, 5.74) is -0.104. The SMILES string of the molecule is CCS(=O)CC1(CC(=O)O)CC1. The minimum atomic E-state index is -0.814. The number of carboxylic acid groups (broad SMARTS) is 1. The molecule has 1 fully saturated rings. The van der Waals surface area contributed by atoms with Crippen LogP contribution in [-0.2, 0) is 15.6 Å². The van der Waals surface area contributed by atoms with Crippen LogP contribution in [0.2, 0.25) is 0 Å². The van der Waals surface area contributed by atoms with Gasteiger partial charge in [0.15, 0.2) is 0 Å². The first-order valence-corrected chi connectivity index (χ1v) is 5.63. The van der Waals surface area contributed by atoms with Crippen molar-refractivity contribution in [3.8, 4) is 0 Å². The maximum atomic E-state index is 11.2. The van der Waals surface area contributed by atoms with E-state index in [9.17, 15) is 9.00 Å². The van der Waals surface area contributed by atoms with Gasteiger partial charge in [-0.15, -0.1) is 0 Å². The molecule has 0 saturated heterocycles. The first-order chi connectivity index (χ1) is 5.58. The third-order valence-electron chi connectivity index (χ3n) is 2.27. The molecule has 0 amide bonds. The van der Waals surface area contributed by atoms with Crippen LogP contribution in [0, 0.1) is 5.41 Å². The van der Waals surface area contributed by atoms with E-state index in [1.807, 2.05) is 6.92 Å². The Morgan fingerprint density at radius 2 is 2.17 bits per heavy atom. The molecule has 1 aliphatic rings. The van der Waals surface area contributed by atoms with Gasteiger partial charge in [-0.2, -0.15) is 0 Å². The first kappa shape index (κ1) is 9.71. The van der Waals surface area contributed by atoms with Crippen molar-refractivity contribution in [2.24, 2.45) is 5.41 Å². The maximum absolute atomic E-state index is 11.2. The lowest BCUT2D eigenvalue weighted by Crippen LogP contribution is -2.17. The van der Waals surface area contributed by atoms with Gasteiger partial charge < -0.3 is 5.11 Å². The lowest BCUT2D eigenvalue weighted by molar-refractivity contribution is -0.138. The van der Waals surface area contributed by atoms with Gasteiger partial charge in [0.25, 0.3) is 0 Å². The van der Waals surface area contributed by atoms with Crippen molar-refractivity contribution in [1.29, 1.82) is 0 Å². The minimum absolute atomic E-state index is 0.104. The topological polar surface area (TPSA) is 54.4 Å². The predicted octanol–water partition coefficient (Wildman–Crippen LogP) is 1.01. The molecule has 70 valence electrons. The van der Waals surface area contributed by atoms with Gasteiger partial charge in [-0.1, -0.05) is 6.92 Å². The fourth-order valence-electron chi connectivity index (χ4n) is 1.31. The molecule has 1 unspecified atom stereocenters. The molecule has 0 radical (unpaired) electrons. The van der Waals surface area contributed by atoms with Crippen LogP contribution in [0.15, 0.2) is 0 Å². The summed E-state index contributed by atoms with van der Waals surface area (Å²) in [5.74, 6) is 0.456. The lowest BCUT2D eigenvalue weighted by Gasteiger charge is -2.10. The molecule has 4 heteroatoms. The molecule has 1 aliphatic carbocycles. The van der Waals surface area contributed by atoms with Crippen LogP contribution in [-0.4, -0.2) is 26.8 Å². The highest BCUT2D eigenvalue weighted by Gasteiger charge is 2.45. The third-order valence-corrected chi connectivity index (χ3v) is 3.85. The van der Waals surface area contributed by atoms with E-state index in [1.54, 1.807) is 0 Å². The maximum Gasteiger partial charge on any atom is 0.303 e. The Labute approximate surface area is 74.6 Å². The zero-order valence-corrected chi connectivity index (χ0v) is 8.02. The normalized spacial score (nSPS) is 21.8. The highest BCUT2D eigenvalue weighted by Crippen LogP contribution is 2.49. The monoisotopic (exact) mass is 190 g/mol. The van der Waals surface area contributed by atoms with E-state index in [1.165, 1.54) is 0 Å². The van der Waals surface area contributed by atoms with Crippen LogP contribution >= 0.6 is 0 Å². The van der Waals surface area contributed by atoms with E-state index in [-0.39, 0.29) is 11.8 Å². The zero-order chi connectivity index (χ0) is 9.19. The van der Waals surface area contributed by atoms with E-state index in [2.05, 4.69) is 0 Å². The predicted molar refractivity (Wildman–Crippen MR) is 47.5 cm³/mol. The van der Waals surface area contributed by atoms with Gasteiger partial charge in [0.1, 0.15) is 0 Å². The van der Waals surface area contributed by atoms with E-state index in [0.29, 0.717) is 11.5 Å². The van der Waals surface area contributed by atoms with Gasteiger partial charge in [0.2, 0.25) is 0 Å². The number of hydrogen-bond donors (Lipinski definition) is 1. The van der Waals surface area contributed by atoms with Crippen molar-refractivity contribution in [3.63, 3.8) is 0 Å². The fourth-order valence-corrected chi connectivity index (χ4v) is 2.59. The van der Waals surface area contributed by atoms with Gasteiger partial charge >= 0.3 is 5.97 Å². The summed E-state index contributed by atoms with van der Waals surface area (Å²) in [6.07, 6.45) is 2.06. The fraction of sp³-hybridized carbons (Fsp3) is 0.875. The number of carboxylic acids is 1. The Kier molecular flexibility index (Phi) is 2.88. The summed E-state index contributed by atoms with van der Waals surface area (Å²) in [5, 5.41) is 8.58. The second kappa shape index (κ2) is 3.56. The van der Waals surface area contributed by atoms with Crippen molar-refractivity contribution in [3.05, 3.63) is 0 Å². The first-order valence-electron chi connectivity index (χ1n) is 4.15. The largest absolute Gasteiger partial charge is 0.481 e. The van der Waals surface area contributed by atoms with Crippen molar-refractivity contribution in [1.82, 2.24) is 0 Å². The highest BCUT2D eigenvalue weighted by molar-refractivity contribution is 7.84. The van der Waals surface area contributed by atoms with E-state index in [4.69, 9.17) is 5.11 Å². The van der Waals surface area contributed by atoms with Crippen LogP contribution in [0.5, 0.6) is 0 Å². The average Bonchev–Trinajstić information content (AvgIpc) is 2.67. The van der Waals surface area contributed by atoms with Crippen molar-refractivity contribution in [2.75, 3.05) is 11.5 Å². The van der Waals surface area contributed by atoms with Crippen LogP contribution in [0.25, 0.3) is 0 Å². The van der Waals surface area contributed by atoms with Gasteiger partial charge in [-0.25, -0.2) is 0 Å². The van der Waals surface area contributed by atoms with Crippen molar-refractivity contribution in [2.45, 2.75) is 26.2 Å². The minimum Gasteiger partial charge on any atom is -0.481 e. The van der Waals surface area contributed by atoms with Crippen LogP contribution in [0.1, 0.15) is 26.2 Å². The standard InChI is InChI=1S/C8H14O3S/c1-2-12(11)6-8(3-4-8)5-7(9)10/h2-6H2,1H3,(H,9,10). The summed E-state index contributed by atoms with van der Waals surface area (Å²) in [6.45, 7) is 1.87. The molecular formula is C8H14O3S. The summed E-state index contributed by atoms with van der Waals surface area (Å²) < 4.78 is 11.2. The second-order valence-electron chi connectivity index (χ2n) is 3.44. The molecule has 0 aromatic rings. The molecule has 0 aromatic carbocycles. The molecule has 0 bridgehead atoms. The number of hydrogen-bond acceptors (Lipinski definition) is 2. The molecule has 0 aliphatic heterocycles. The molecule has 1 N–H and O–H groups in total. The summed E-state index contributed by atoms with van der Waals surface area (Å²) in [4.78, 5) is 10.4. The second-order valence-corrected chi connectivity index (χ2v) is 5.19. The van der Waals surface area contributed by atoms with Crippen LogP contribution in [0.4, 0.5) is 0 Å². The van der Waals surface area contributed by atoms with E-state index < -0.39 is 16.8 Å². The highest BCUT2D eigenvalue weighted by atomic mass is 32.2. The van der Waals surface area contributed by atoms with Gasteiger partial charge in [0.05, 0.1) is 6.42 Å². The molecule has 1 atom stereocenters. The molecular weight excluding hydrogens is 176 g/mol. The molecule has 0 spiro atoms. The zero-order valence-electron chi connectivity index (χ0n) is 7.21. The summed E-state index contributed by atoms with van der Waals surface area (Å²) in [6, 6.07) is 0. The smallest absolute Gasteiger partial charge is 0.303 e. The Morgan fingerprint density at radius 3 is 2.50 bits per heavy atom. The van der Waals surface area contributed by atoms with Crippen molar-refractivity contribution >= 4 is 16.8 Å². The third kappa shape index (κ3) is 2.59. The average molecular weight is 190 g/mol. The number of aliphatic carboxylic acids is 1. The molecule has 3 nitrogen and oxygen atoms in total. The molecule has 1 rings (SSSR count). The van der Waals surface area contributed by atoms with Gasteiger partial charge in [-0.3, -0.25) is 9.00 Å². The molecule has 1 saturated carbocycles. The summed E-state index contributed by atoms with van der Waals surface area (Å²) in [7, 11) is -0.814. The van der Waals surface area contributed by atoms with Gasteiger partial charge in [-0.05, 0) is 18.3 Å². The number of rotatable bonds is 5. The number of carbonyl (C=O) groups is 1. The Balaban J connectivity index is 2.39. The van der Waals surface area contributed by atoms with Crippen LogP contribution < -0.4 is 0 Å². The Hall–Kier alpha value is -0.380. The van der Waals surface area contributed by atoms with Gasteiger partial charge in [0, 0.05) is 22.3 Å². The summed E-state index contributed by atoms with van der Waals surface area (Å²) >= 11 is 0. The Morgan fingerprint density at radius 1 is 1.58 bits per heavy atom.